The normalized spacial score (nSPS) is 25.9. The van der Waals surface area contributed by atoms with Crippen molar-refractivity contribution in [1.29, 1.82) is 0 Å². The first kappa shape index (κ1) is 14.1. The number of hydrogen-bond acceptors (Lipinski definition) is 5. The van der Waals surface area contributed by atoms with Crippen LogP contribution in [0.15, 0.2) is 0 Å². The van der Waals surface area contributed by atoms with Crippen LogP contribution >= 0.6 is 11.8 Å². The number of morpholine rings is 1. The molecule has 0 radical (unpaired) electrons. The molecule has 2 aliphatic rings. The van der Waals surface area contributed by atoms with Crippen LogP contribution in [0, 0.1) is 0 Å². The summed E-state index contributed by atoms with van der Waals surface area (Å²) in [6, 6.07) is 0. The van der Waals surface area contributed by atoms with Gasteiger partial charge in [0, 0.05) is 50.8 Å². The van der Waals surface area contributed by atoms with Crippen molar-refractivity contribution >= 4 is 17.7 Å². The second-order valence-corrected chi connectivity index (χ2v) is 5.93. The van der Waals surface area contributed by atoms with E-state index in [1.165, 1.54) is 11.5 Å². The summed E-state index contributed by atoms with van der Waals surface area (Å²) in [5, 5.41) is 6.21. The molecule has 0 saturated carbocycles. The fourth-order valence-electron chi connectivity index (χ4n) is 2.21. The summed E-state index contributed by atoms with van der Waals surface area (Å²) in [6.07, 6.45) is 0.521. The number of amides is 1. The molecule has 1 atom stereocenters. The van der Waals surface area contributed by atoms with E-state index in [1.807, 2.05) is 11.8 Å². The summed E-state index contributed by atoms with van der Waals surface area (Å²) in [5.41, 5.74) is 0. The number of nitrogens with one attached hydrogen (secondary N) is 2. The molecule has 2 fully saturated rings. The van der Waals surface area contributed by atoms with E-state index in [9.17, 15) is 4.79 Å². The Morgan fingerprint density at radius 3 is 3.00 bits per heavy atom. The van der Waals surface area contributed by atoms with Crippen LogP contribution in [0.4, 0.5) is 0 Å². The van der Waals surface area contributed by atoms with Crippen molar-refractivity contribution < 1.29 is 9.53 Å². The molecule has 0 spiro atoms. The molecule has 0 aromatic heterocycles. The third-order valence-corrected chi connectivity index (χ3v) is 4.21. The molecule has 0 aromatic rings. The molecule has 2 rings (SSSR count). The van der Waals surface area contributed by atoms with Crippen LogP contribution in [-0.2, 0) is 9.53 Å². The number of carbonyl (C=O) groups is 1. The van der Waals surface area contributed by atoms with Crippen molar-refractivity contribution in [3.63, 3.8) is 0 Å². The minimum absolute atomic E-state index is 0.0464. The van der Waals surface area contributed by atoms with Crippen molar-refractivity contribution in [2.24, 2.45) is 0 Å². The Balaban J connectivity index is 1.53. The lowest BCUT2D eigenvalue weighted by Gasteiger charge is -2.26. The largest absolute Gasteiger partial charge is 0.375 e. The highest BCUT2D eigenvalue weighted by Crippen LogP contribution is 2.08. The smallest absolute Gasteiger partial charge is 0.222 e. The van der Waals surface area contributed by atoms with Crippen LogP contribution in [0.5, 0.6) is 0 Å². The first-order valence-electron chi connectivity index (χ1n) is 6.74. The highest BCUT2D eigenvalue weighted by molar-refractivity contribution is 7.99. The number of ether oxygens (including phenoxy) is 1. The first-order valence-corrected chi connectivity index (χ1v) is 7.89. The fraction of sp³-hybridized carbons (Fsp3) is 0.917. The first-order chi connectivity index (χ1) is 8.84. The average molecular weight is 273 g/mol. The monoisotopic (exact) mass is 273 g/mol. The lowest BCUT2D eigenvalue weighted by molar-refractivity contribution is -0.124. The molecule has 18 heavy (non-hydrogen) atoms. The number of thioether (sulfide) groups is 1. The summed E-state index contributed by atoms with van der Waals surface area (Å²) >= 11 is 2.01. The lowest BCUT2D eigenvalue weighted by Crippen LogP contribution is -2.43. The van der Waals surface area contributed by atoms with Gasteiger partial charge in [0.25, 0.3) is 0 Å². The summed E-state index contributed by atoms with van der Waals surface area (Å²) in [4.78, 5) is 14.1. The van der Waals surface area contributed by atoms with E-state index >= 15 is 0 Å². The third kappa shape index (κ3) is 5.14. The number of carbonyl (C=O) groups excluding carboxylic acids is 1. The van der Waals surface area contributed by atoms with Gasteiger partial charge in [-0.15, -0.1) is 0 Å². The molecule has 0 bridgehead atoms. The SMILES string of the molecule is O=C(CC1CNCCO1)NCCN1CCSCC1. The highest BCUT2D eigenvalue weighted by Gasteiger charge is 2.17. The van der Waals surface area contributed by atoms with Crippen molar-refractivity contribution in [3.05, 3.63) is 0 Å². The Kier molecular flexibility index (Phi) is 6.26. The zero-order chi connectivity index (χ0) is 12.6. The molecule has 1 unspecified atom stereocenters. The van der Waals surface area contributed by atoms with Gasteiger partial charge in [-0.2, -0.15) is 11.8 Å². The topological polar surface area (TPSA) is 53.6 Å². The van der Waals surface area contributed by atoms with E-state index in [2.05, 4.69) is 15.5 Å². The Hall–Kier alpha value is -0.300. The minimum Gasteiger partial charge on any atom is -0.375 e. The van der Waals surface area contributed by atoms with Gasteiger partial charge in [-0.25, -0.2) is 0 Å². The third-order valence-electron chi connectivity index (χ3n) is 3.27. The standard InChI is InChI=1S/C12H23N3O2S/c16-12(9-11-10-13-2-6-17-11)14-1-3-15-4-7-18-8-5-15/h11,13H,1-10H2,(H,14,16). The molecular weight excluding hydrogens is 250 g/mol. The number of hydrogen-bond donors (Lipinski definition) is 2. The van der Waals surface area contributed by atoms with Crippen molar-refractivity contribution in [2.75, 3.05) is 57.4 Å². The number of rotatable bonds is 5. The maximum atomic E-state index is 11.7. The van der Waals surface area contributed by atoms with Gasteiger partial charge < -0.3 is 15.4 Å². The Bertz CT molecular complexity index is 254. The molecular formula is C12H23N3O2S. The fourth-order valence-corrected chi connectivity index (χ4v) is 3.19. The van der Waals surface area contributed by atoms with Crippen LogP contribution in [-0.4, -0.2) is 74.3 Å². The maximum Gasteiger partial charge on any atom is 0.222 e. The Morgan fingerprint density at radius 2 is 2.28 bits per heavy atom. The zero-order valence-corrected chi connectivity index (χ0v) is 11.6. The second-order valence-electron chi connectivity index (χ2n) is 4.71. The molecule has 5 nitrogen and oxygen atoms in total. The van der Waals surface area contributed by atoms with E-state index in [0.717, 1.165) is 39.3 Å². The number of nitrogens with zero attached hydrogens (tertiary/aromatic N) is 1. The predicted molar refractivity (Wildman–Crippen MR) is 74.0 cm³/mol. The highest BCUT2D eigenvalue weighted by atomic mass is 32.2. The average Bonchev–Trinajstić information content (AvgIpc) is 2.41. The molecule has 0 aliphatic carbocycles. The minimum atomic E-state index is 0.0464. The summed E-state index contributed by atoms with van der Waals surface area (Å²) in [5.74, 6) is 2.54. The van der Waals surface area contributed by atoms with Crippen LogP contribution < -0.4 is 10.6 Å². The van der Waals surface area contributed by atoms with E-state index in [0.29, 0.717) is 13.0 Å². The van der Waals surface area contributed by atoms with Gasteiger partial charge in [-0.05, 0) is 0 Å². The Labute approximate surface area is 113 Å². The molecule has 2 aliphatic heterocycles. The molecule has 0 aromatic carbocycles. The quantitative estimate of drug-likeness (QED) is 0.709. The molecule has 1 amide bonds. The van der Waals surface area contributed by atoms with Gasteiger partial charge in [0.05, 0.1) is 19.1 Å². The van der Waals surface area contributed by atoms with Crippen molar-refractivity contribution in [2.45, 2.75) is 12.5 Å². The summed E-state index contributed by atoms with van der Waals surface area (Å²) in [7, 11) is 0. The summed E-state index contributed by atoms with van der Waals surface area (Å²) in [6.45, 7) is 6.41. The van der Waals surface area contributed by atoms with Gasteiger partial charge >= 0.3 is 0 Å². The van der Waals surface area contributed by atoms with Crippen molar-refractivity contribution in [3.8, 4) is 0 Å². The molecule has 2 saturated heterocycles. The lowest BCUT2D eigenvalue weighted by atomic mass is 10.2. The van der Waals surface area contributed by atoms with E-state index in [-0.39, 0.29) is 12.0 Å². The van der Waals surface area contributed by atoms with Crippen LogP contribution in [0.1, 0.15) is 6.42 Å². The molecule has 2 heterocycles. The van der Waals surface area contributed by atoms with Gasteiger partial charge in [0.15, 0.2) is 0 Å². The van der Waals surface area contributed by atoms with Gasteiger partial charge in [-0.3, -0.25) is 9.69 Å². The van der Waals surface area contributed by atoms with Crippen LogP contribution in [0.2, 0.25) is 0 Å². The van der Waals surface area contributed by atoms with E-state index in [4.69, 9.17) is 4.74 Å². The predicted octanol–water partition coefficient (Wildman–Crippen LogP) is -0.470. The van der Waals surface area contributed by atoms with Gasteiger partial charge in [0.1, 0.15) is 0 Å². The zero-order valence-electron chi connectivity index (χ0n) is 10.8. The maximum absolute atomic E-state index is 11.7. The van der Waals surface area contributed by atoms with E-state index < -0.39 is 0 Å². The van der Waals surface area contributed by atoms with Crippen LogP contribution in [0.3, 0.4) is 0 Å². The van der Waals surface area contributed by atoms with E-state index in [1.54, 1.807) is 0 Å². The molecule has 6 heteroatoms. The van der Waals surface area contributed by atoms with Crippen molar-refractivity contribution in [1.82, 2.24) is 15.5 Å². The van der Waals surface area contributed by atoms with Gasteiger partial charge in [0.2, 0.25) is 5.91 Å². The van der Waals surface area contributed by atoms with Gasteiger partial charge in [-0.1, -0.05) is 0 Å². The molecule has 104 valence electrons. The summed E-state index contributed by atoms with van der Waals surface area (Å²) < 4.78 is 5.51. The molecule has 2 N–H and O–H groups in total. The van der Waals surface area contributed by atoms with Crippen LogP contribution in [0.25, 0.3) is 0 Å². The Morgan fingerprint density at radius 1 is 1.44 bits per heavy atom. The second kappa shape index (κ2) is 7.99.